The van der Waals surface area contributed by atoms with Crippen LogP contribution in [0.5, 0.6) is 0 Å². The number of pyridine rings is 1. The number of allylic oxidation sites excluding steroid dienone is 4. The van der Waals surface area contributed by atoms with Gasteiger partial charge in [-0.1, -0.05) is 164 Å². The third kappa shape index (κ3) is 6.50. The van der Waals surface area contributed by atoms with E-state index in [1.807, 2.05) is 12.4 Å². The Morgan fingerprint density at radius 2 is 1.00 bits per heavy atom. The van der Waals surface area contributed by atoms with Crippen LogP contribution >= 0.6 is 0 Å². The Hall–Kier alpha value is -7.23. The van der Waals surface area contributed by atoms with Crippen LogP contribution in [0.2, 0.25) is 0 Å². The molecule has 0 amide bonds. The van der Waals surface area contributed by atoms with Crippen LogP contribution in [0.25, 0.3) is 102 Å². The molecule has 56 heavy (non-hydrogen) atoms. The molecule has 0 spiro atoms. The zero-order chi connectivity index (χ0) is 37.3. The van der Waals surface area contributed by atoms with E-state index in [9.17, 15) is 0 Å². The third-order valence-corrected chi connectivity index (χ3v) is 10.8. The van der Waals surface area contributed by atoms with Gasteiger partial charge in [0.25, 0.3) is 0 Å². The predicted molar refractivity (Wildman–Crippen MR) is 235 cm³/mol. The standard InChI is InChI=1S/C53H37N3/c1-3-12-36-24-29-42(30-40(36)14-4-1)41-17-9-20-45(31-41)53-55-51(39-27-25-38(26-28-39)50-35-54-34-46-15-5-2-6-21-49(46)50)33-52(56-53)44-19-10-18-43(32-44)48-23-11-16-37-13-7-8-22-47(37)48/h3-35H,1-2H2. The van der Waals surface area contributed by atoms with Gasteiger partial charge in [0, 0.05) is 40.2 Å². The van der Waals surface area contributed by atoms with Crippen molar-refractivity contribution in [3.63, 3.8) is 0 Å². The number of hydrogen-bond donors (Lipinski definition) is 0. The van der Waals surface area contributed by atoms with Crippen molar-refractivity contribution in [1.29, 1.82) is 0 Å². The van der Waals surface area contributed by atoms with Crippen LogP contribution in [0.4, 0.5) is 0 Å². The van der Waals surface area contributed by atoms with Gasteiger partial charge >= 0.3 is 0 Å². The largest absolute Gasteiger partial charge is 0.263 e. The van der Waals surface area contributed by atoms with Crippen LogP contribution < -0.4 is 0 Å². The number of nitrogens with zero attached hydrogens (tertiary/aromatic N) is 3. The molecule has 6 aromatic carbocycles. The van der Waals surface area contributed by atoms with E-state index >= 15 is 0 Å². The van der Waals surface area contributed by atoms with Gasteiger partial charge in [-0.05, 0) is 92.4 Å². The summed E-state index contributed by atoms with van der Waals surface area (Å²) in [6, 6.07) is 49.9. The molecular formula is C53H37N3. The highest BCUT2D eigenvalue weighted by molar-refractivity contribution is 5.97. The second-order valence-electron chi connectivity index (χ2n) is 14.3. The number of aromatic nitrogens is 3. The summed E-state index contributed by atoms with van der Waals surface area (Å²) in [5.41, 5.74) is 16.5. The van der Waals surface area contributed by atoms with Gasteiger partial charge in [-0.15, -0.1) is 0 Å². The van der Waals surface area contributed by atoms with E-state index in [0.717, 1.165) is 68.7 Å². The Morgan fingerprint density at radius 1 is 0.375 bits per heavy atom. The highest BCUT2D eigenvalue weighted by Crippen LogP contribution is 2.36. The molecule has 0 N–H and O–H groups in total. The maximum Gasteiger partial charge on any atom is 0.160 e. The number of hydrogen-bond acceptors (Lipinski definition) is 3. The number of rotatable bonds is 6. The molecule has 10 rings (SSSR count). The Morgan fingerprint density at radius 3 is 1.88 bits per heavy atom. The van der Waals surface area contributed by atoms with E-state index in [0.29, 0.717) is 5.82 Å². The van der Waals surface area contributed by atoms with E-state index in [1.165, 1.54) is 38.6 Å². The molecule has 2 aliphatic rings. The maximum absolute atomic E-state index is 5.28. The molecule has 0 saturated heterocycles. The lowest BCUT2D eigenvalue weighted by Crippen LogP contribution is -1.97. The van der Waals surface area contributed by atoms with Crippen molar-refractivity contribution in [2.45, 2.75) is 12.8 Å². The van der Waals surface area contributed by atoms with Crippen molar-refractivity contribution < 1.29 is 0 Å². The minimum absolute atomic E-state index is 0.686. The molecule has 3 heteroatoms. The smallest absolute Gasteiger partial charge is 0.160 e. The van der Waals surface area contributed by atoms with Gasteiger partial charge in [0.2, 0.25) is 0 Å². The van der Waals surface area contributed by atoms with E-state index in [2.05, 4.69) is 193 Å². The molecule has 0 fully saturated rings. The van der Waals surface area contributed by atoms with Crippen LogP contribution in [-0.4, -0.2) is 15.0 Å². The Balaban J connectivity index is 1.09. The van der Waals surface area contributed by atoms with Crippen LogP contribution in [0.15, 0.2) is 176 Å². The molecule has 0 aliphatic heterocycles. The summed E-state index contributed by atoms with van der Waals surface area (Å²) >= 11 is 0. The van der Waals surface area contributed by atoms with E-state index < -0.39 is 0 Å². The third-order valence-electron chi connectivity index (χ3n) is 10.8. The molecule has 2 aromatic heterocycles. The predicted octanol–water partition coefficient (Wildman–Crippen LogP) is 13.9. The maximum atomic E-state index is 5.28. The van der Waals surface area contributed by atoms with Crippen molar-refractivity contribution in [3.8, 4) is 67.3 Å². The highest BCUT2D eigenvalue weighted by atomic mass is 14.9. The summed E-state index contributed by atoms with van der Waals surface area (Å²) in [6.45, 7) is 0. The molecule has 2 aliphatic carbocycles. The van der Waals surface area contributed by atoms with Crippen molar-refractivity contribution in [3.05, 3.63) is 198 Å². The zero-order valence-electron chi connectivity index (χ0n) is 30.8. The van der Waals surface area contributed by atoms with Crippen molar-refractivity contribution in [2.24, 2.45) is 0 Å². The second-order valence-corrected chi connectivity index (χ2v) is 14.3. The van der Waals surface area contributed by atoms with Gasteiger partial charge < -0.3 is 0 Å². The summed E-state index contributed by atoms with van der Waals surface area (Å²) in [5.74, 6) is 0.686. The van der Waals surface area contributed by atoms with Gasteiger partial charge in [-0.3, -0.25) is 4.98 Å². The highest BCUT2D eigenvalue weighted by Gasteiger charge is 2.15. The molecule has 8 aromatic rings. The van der Waals surface area contributed by atoms with Gasteiger partial charge in [0.05, 0.1) is 11.4 Å². The van der Waals surface area contributed by atoms with Crippen LogP contribution in [0, 0.1) is 0 Å². The topological polar surface area (TPSA) is 38.7 Å². The van der Waals surface area contributed by atoms with E-state index in [1.54, 1.807) is 0 Å². The lowest BCUT2D eigenvalue weighted by molar-refractivity contribution is 1.18. The number of fused-ring (bicyclic) bond motifs is 3. The SMILES string of the molecule is C1=Cc2ccc(-c3cccc(-c4nc(-c5ccc(-c6cncc7c6C=CCC=C7)cc5)cc(-c5cccc(-c6cccc7ccccc67)c5)n4)c3)cc2C=CC1. The van der Waals surface area contributed by atoms with Crippen molar-refractivity contribution in [2.75, 3.05) is 0 Å². The monoisotopic (exact) mass is 715 g/mol. The van der Waals surface area contributed by atoms with Crippen molar-refractivity contribution >= 4 is 35.1 Å². The van der Waals surface area contributed by atoms with Crippen LogP contribution in [-0.2, 0) is 0 Å². The minimum atomic E-state index is 0.686. The molecule has 2 heterocycles. The Bertz CT molecular complexity index is 2900. The summed E-state index contributed by atoms with van der Waals surface area (Å²) in [4.78, 5) is 15.1. The first kappa shape index (κ1) is 33.3. The van der Waals surface area contributed by atoms with Gasteiger partial charge in [0.1, 0.15) is 0 Å². The lowest BCUT2D eigenvalue weighted by atomic mass is 9.95. The molecular weight excluding hydrogens is 679 g/mol. The number of benzene rings is 6. The van der Waals surface area contributed by atoms with E-state index in [4.69, 9.17) is 9.97 Å². The Labute approximate surface area is 327 Å². The lowest BCUT2D eigenvalue weighted by Gasteiger charge is -2.13. The fourth-order valence-corrected chi connectivity index (χ4v) is 7.87. The average molecular weight is 716 g/mol. The zero-order valence-corrected chi connectivity index (χ0v) is 30.8. The first-order chi connectivity index (χ1) is 27.7. The second kappa shape index (κ2) is 14.5. The van der Waals surface area contributed by atoms with Gasteiger partial charge in [-0.2, -0.15) is 0 Å². The summed E-state index contributed by atoms with van der Waals surface area (Å²) in [6.07, 6.45) is 23.4. The fraction of sp³-hybridized carbons (Fsp3) is 0.0377. The average Bonchev–Trinajstić information content (AvgIpc) is 3.67. The van der Waals surface area contributed by atoms with Crippen LogP contribution in [0.3, 0.4) is 0 Å². The summed E-state index contributed by atoms with van der Waals surface area (Å²) in [7, 11) is 0. The molecule has 3 nitrogen and oxygen atoms in total. The quantitative estimate of drug-likeness (QED) is 0.172. The normalized spacial score (nSPS) is 12.9. The van der Waals surface area contributed by atoms with Gasteiger partial charge in [-0.25, -0.2) is 9.97 Å². The first-order valence-electron chi connectivity index (χ1n) is 19.2. The molecule has 0 bridgehead atoms. The first-order valence-corrected chi connectivity index (χ1v) is 19.2. The fourth-order valence-electron chi connectivity index (χ4n) is 7.87. The summed E-state index contributed by atoms with van der Waals surface area (Å²) < 4.78 is 0. The molecule has 264 valence electrons. The molecule has 0 saturated carbocycles. The van der Waals surface area contributed by atoms with Gasteiger partial charge in [0.15, 0.2) is 5.82 Å². The molecule has 0 unspecified atom stereocenters. The minimum Gasteiger partial charge on any atom is -0.263 e. The van der Waals surface area contributed by atoms with E-state index in [-0.39, 0.29) is 0 Å². The summed E-state index contributed by atoms with van der Waals surface area (Å²) in [5, 5.41) is 2.46. The van der Waals surface area contributed by atoms with Crippen molar-refractivity contribution in [1.82, 2.24) is 15.0 Å². The van der Waals surface area contributed by atoms with Crippen LogP contribution in [0.1, 0.15) is 35.1 Å². The molecule has 0 atom stereocenters. The molecule has 0 radical (unpaired) electrons. The Kier molecular flexibility index (Phi) is 8.66.